The lowest BCUT2D eigenvalue weighted by atomic mass is 10.0. The van der Waals surface area contributed by atoms with Crippen molar-refractivity contribution in [3.63, 3.8) is 0 Å². The first-order valence-corrected chi connectivity index (χ1v) is 12.5. The van der Waals surface area contributed by atoms with E-state index in [0.717, 1.165) is 0 Å². The van der Waals surface area contributed by atoms with E-state index in [2.05, 4.69) is 33.6 Å². The molecule has 33 heavy (non-hydrogen) atoms. The molecule has 14 heteroatoms. The Morgan fingerprint density at radius 2 is 1.58 bits per heavy atom. The Labute approximate surface area is 204 Å². The first kappa shape index (κ1) is 30.8. The SMILES string of the molecule is CSCCC(NC(=O)C(N)CCCN=C(N)N)C(=O)NC(CS)C(=O)NC(C(=O)O)C(C)C. The van der Waals surface area contributed by atoms with Gasteiger partial charge in [0.15, 0.2) is 5.96 Å². The van der Waals surface area contributed by atoms with E-state index in [9.17, 15) is 24.3 Å². The normalized spacial score (nSPS) is 14.5. The van der Waals surface area contributed by atoms with Gasteiger partial charge < -0.3 is 38.3 Å². The second-order valence-corrected chi connectivity index (χ2v) is 9.06. The molecule has 0 saturated carbocycles. The van der Waals surface area contributed by atoms with Crippen LogP contribution in [0.1, 0.15) is 33.1 Å². The minimum atomic E-state index is -1.18. The molecular weight excluding hydrogens is 470 g/mol. The topological polar surface area (TPSA) is 215 Å². The number of hydrogen-bond donors (Lipinski definition) is 8. The van der Waals surface area contributed by atoms with Crippen molar-refractivity contribution in [1.29, 1.82) is 0 Å². The molecule has 0 fully saturated rings. The van der Waals surface area contributed by atoms with Crippen molar-refractivity contribution in [3.05, 3.63) is 0 Å². The van der Waals surface area contributed by atoms with Crippen molar-refractivity contribution < 1.29 is 24.3 Å². The van der Waals surface area contributed by atoms with E-state index >= 15 is 0 Å². The molecule has 3 amide bonds. The maximum absolute atomic E-state index is 12.8. The summed E-state index contributed by atoms with van der Waals surface area (Å²) in [6.45, 7) is 3.63. The van der Waals surface area contributed by atoms with Crippen molar-refractivity contribution in [1.82, 2.24) is 16.0 Å². The molecule has 0 aliphatic heterocycles. The molecule has 0 aromatic heterocycles. The van der Waals surface area contributed by atoms with Gasteiger partial charge in [0.25, 0.3) is 0 Å². The van der Waals surface area contributed by atoms with Gasteiger partial charge in [0, 0.05) is 12.3 Å². The zero-order valence-corrected chi connectivity index (χ0v) is 21.0. The molecule has 12 nitrogen and oxygen atoms in total. The van der Waals surface area contributed by atoms with Crippen LogP contribution in [-0.4, -0.2) is 83.2 Å². The molecule has 0 heterocycles. The second kappa shape index (κ2) is 16.4. The molecular formula is C19H37N7O5S2. The van der Waals surface area contributed by atoms with Gasteiger partial charge in [-0.05, 0) is 37.2 Å². The van der Waals surface area contributed by atoms with E-state index in [-0.39, 0.29) is 17.6 Å². The number of aliphatic carboxylic acids is 1. The smallest absolute Gasteiger partial charge is 0.326 e. The van der Waals surface area contributed by atoms with Crippen LogP contribution in [-0.2, 0) is 19.2 Å². The minimum absolute atomic E-state index is 0.0485. The monoisotopic (exact) mass is 507 g/mol. The van der Waals surface area contributed by atoms with E-state index in [0.29, 0.717) is 31.6 Å². The number of carboxylic acids is 1. The van der Waals surface area contributed by atoms with Crippen molar-refractivity contribution >= 4 is 54.0 Å². The molecule has 0 aliphatic carbocycles. The van der Waals surface area contributed by atoms with Crippen molar-refractivity contribution in [2.24, 2.45) is 28.1 Å². The molecule has 4 atom stereocenters. The number of carbonyl (C=O) groups excluding carboxylic acids is 3. The summed E-state index contributed by atoms with van der Waals surface area (Å²) >= 11 is 5.58. The summed E-state index contributed by atoms with van der Waals surface area (Å²) in [6.07, 6.45) is 2.96. The lowest BCUT2D eigenvalue weighted by Crippen LogP contribution is -2.58. The fraction of sp³-hybridized carbons (Fsp3) is 0.737. The van der Waals surface area contributed by atoms with Crippen LogP contribution >= 0.6 is 24.4 Å². The lowest BCUT2D eigenvalue weighted by Gasteiger charge is -2.25. The summed E-state index contributed by atoms with van der Waals surface area (Å²) in [5, 5.41) is 16.8. The van der Waals surface area contributed by atoms with E-state index in [4.69, 9.17) is 17.2 Å². The predicted octanol–water partition coefficient (Wildman–Crippen LogP) is -1.75. The van der Waals surface area contributed by atoms with Gasteiger partial charge in [-0.1, -0.05) is 13.8 Å². The van der Waals surface area contributed by atoms with Crippen LogP contribution in [0.15, 0.2) is 4.99 Å². The number of hydrogen-bond acceptors (Lipinski definition) is 8. The molecule has 0 aliphatic rings. The fourth-order valence-electron chi connectivity index (χ4n) is 2.67. The Morgan fingerprint density at radius 3 is 2.06 bits per heavy atom. The van der Waals surface area contributed by atoms with Gasteiger partial charge in [-0.25, -0.2) is 4.79 Å². The molecule has 4 unspecified atom stereocenters. The van der Waals surface area contributed by atoms with Crippen molar-refractivity contribution in [2.75, 3.05) is 24.3 Å². The highest BCUT2D eigenvalue weighted by Crippen LogP contribution is 2.06. The molecule has 0 radical (unpaired) electrons. The number of aliphatic imine (C=N–C) groups is 1. The zero-order chi connectivity index (χ0) is 25.6. The maximum Gasteiger partial charge on any atom is 0.326 e. The fourth-order valence-corrected chi connectivity index (χ4v) is 3.40. The van der Waals surface area contributed by atoms with E-state index < -0.39 is 47.9 Å². The summed E-state index contributed by atoms with van der Waals surface area (Å²) < 4.78 is 0. The quantitative estimate of drug-likeness (QED) is 0.0513. The number of rotatable bonds is 16. The van der Waals surface area contributed by atoms with Gasteiger partial charge in [-0.3, -0.25) is 19.4 Å². The van der Waals surface area contributed by atoms with Crippen LogP contribution in [0.25, 0.3) is 0 Å². The Balaban J connectivity index is 5.10. The summed E-state index contributed by atoms with van der Waals surface area (Å²) in [4.78, 5) is 53.0. The van der Waals surface area contributed by atoms with Crippen LogP contribution in [0, 0.1) is 5.92 Å². The molecule has 0 saturated heterocycles. The van der Waals surface area contributed by atoms with Crippen molar-refractivity contribution in [3.8, 4) is 0 Å². The standard InChI is InChI=1S/C19H37N7O5S2/c1-10(2)14(18(30)31)26-17(29)13(9-32)25-16(28)12(6-8-33-3)24-15(27)11(20)5-4-7-23-19(21)22/h10-14,32H,4-9,20H2,1-3H3,(H,24,27)(H,25,28)(H,26,29)(H,30,31)(H4,21,22,23). The van der Waals surface area contributed by atoms with Gasteiger partial charge in [-0.2, -0.15) is 24.4 Å². The van der Waals surface area contributed by atoms with Gasteiger partial charge >= 0.3 is 5.97 Å². The molecule has 190 valence electrons. The lowest BCUT2D eigenvalue weighted by molar-refractivity contribution is -0.143. The maximum atomic E-state index is 12.8. The minimum Gasteiger partial charge on any atom is -0.480 e. The number of carbonyl (C=O) groups is 4. The number of thiol groups is 1. The Bertz CT molecular complexity index is 689. The molecule has 0 aromatic carbocycles. The summed E-state index contributed by atoms with van der Waals surface area (Å²) in [6, 6.07) is -3.98. The molecule has 0 bridgehead atoms. The van der Waals surface area contributed by atoms with Gasteiger partial charge in [-0.15, -0.1) is 0 Å². The average molecular weight is 508 g/mol. The summed E-state index contributed by atoms with van der Waals surface area (Å²) in [7, 11) is 0. The van der Waals surface area contributed by atoms with E-state index in [1.807, 2.05) is 6.26 Å². The van der Waals surface area contributed by atoms with E-state index in [1.165, 1.54) is 11.8 Å². The highest BCUT2D eigenvalue weighted by atomic mass is 32.2. The second-order valence-electron chi connectivity index (χ2n) is 7.71. The third-order valence-electron chi connectivity index (χ3n) is 4.59. The van der Waals surface area contributed by atoms with Gasteiger partial charge in [0.2, 0.25) is 17.7 Å². The van der Waals surface area contributed by atoms with Crippen molar-refractivity contribution in [2.45, 2.75) is 57.3 Å². The Hall–Kier alpha value is -2.19. The van der Waals surface area contributed by atoms with Gasteiger partial charge in [0.1, 0.15) is 18.1 Å². The van der Waals surface area contributed by atoms with Crippen LogP contribution in [0.5, 0.6) is 0 Å². The highest BCUT2D eigenvalue weighted by molar-refractivity contribution is 7.98. The predicted molar refractivity (Wildman–Crippen MR) is 133 cm³/mol. The Kier molecular flexibility index (Phi) is 15.3. The molecule has 0 rings (SSSR count). The zero-order valence-electron chi connectivity index (χ0n) is 19.2. The van der Waals surface area contributed by atoms with Crippen LogP contribution < -0.4 is 33.2 Å². The first-order chi connectivity index (χ1) is 15.4. The first-order valence-electron chi connectivity index (χ1n) is 10.5. The molecule has 0 aromatic rings. The highest BCUT2D eigenvalue weighted by Gasteiger charge is 2.30. The van der Waals surface area contributed by atoms with E-state index in [1.54, 1.807) is 13.8 Å². The molecule has 10 N–H and O–H groups in total. The summed E-state index contributed by atoms with van der Waals surface area (Å²) in [5.41, 5.74) is 16.4. The molecule has 0 spiro atoms. The average Bonchev–Trinajstić information content (AvgIpc) is 2.74. The number of thioether (sulfide) groups is 1. The van der Waals surface area contributed by atoms with Crippen LogP contribution in [0.3, 0.4) is 0 Å². The number of nitrogens with zero attached hydrogens (tertiary/aromatic N) is 1. The number of guanidine groups is 1. The summed E-state index contributed by atoms with van der Waals surface area (Å²) in [5.74, 6) is -2.85. The number of nitrogens with two attached hydrogens (primary N) is 3. The number of nitrogens with one attached hydrogen (secondary N) is 3. The third kappa shape index (κ3) is 12.6. The van der Waals surface area contributed by atoms with Gasteiger partial charge in [0.05, 0.1) is 6.04 Å². The number of amides is 3. The third-order valence-corrected chi connectivity index (χ3v) is 5.60. The number of carboxylic acid groups (broad SMARTS) is 1. The Morgan fingerprint density at radius 1 is 1.00 bits per heavy atom. The van der Waals surface area contributed by atoms with Crippen LogP contribution in [0.2, 0.25) is 0 Å². The van der Waals surface area contributed by atoms with Crippen LogP contribution in [0.4, 0.5) is 0 Å². The largest absolute Gasteiger partial charge is 0.480 e.